The maximum atomic E-state index is 13.3. The second-order valence-electron chi connectivity index (χ2n) is 12.8. The van der Waals surface area contributed by atoms with Gasteiger partial charge < -0.3 is 20.3 Å². The van der Waals surface area contributed by atoms with Crippen molar-refractivity contribution in [1.29, 1.82) is 0 Å². The molecule has 0 aromatic heterocycles. The van der Waals surface area contributed by atoms with Crippen molar-refractivity contribution in [3.63, 3.8) is 0 Å². The zero-order valence-corrected chi connectivity index (χ0v) is 21.1. The molecule has 6 unspecified atom stereocenters. The number of amides is 2. The first-order chi connectivity index (χ1) is 16.6. The summed E-state index contributed by atoms with van der Waals surface area (Å²) in [6.07, 6.45) is 15.8. The first-order valence-corrected chi connectivity index (χ1v) is 14.4. The van der Waals surface area contributed by atoms with Gasteiger partial charge in [0.25, 0.3) is 0 Å². The Morgan fingerprint density at radius 1 is 1.12 bits per heavy atom. The highest BCUT2D eigenvalue weighted by Crippen LogP contribution is 2.76. The SMILES string of the molecule is COC1=CC2C(CC1)CC1N(CC3CC3)CCC23C2CC[C@]13CCC2NC(=O)N1CCNCC1. The van der Waals surface area contributed by atoms with E-state index < -0.39 is 0 Å². The minimum atomic E-state index is 0.189. The molecule has 7 atom stereocenters. The second-order valence-corrected chi connectivity index (χ2v) is 12.8. The number of likely N-dealkylation sites (tertiary alicyclic amines) is 1. The second kappa shape index (κ2) is 8.12. The summed E-state index contributed by atoms with van der Waals surface area (Å²) < 4.78 is 5.86. The van der Waals surface area contributed by atoms with Crippen LogP contribution in [0.4, 0.5) is 4.79 Å². The van der Waals surface area contributed by atoms with Crippen LogP contribution in [0.15, 0.2) is 11.8 Å². The number of carbonyl (C=O) groups is 1. The predicted octanol–water partition coefficient (Wildman–Crippen LogP) is 3.59. The van der Waals surface area contributed by atoms with Crippen LogP contribution in [0.25, 0.3) is 0 Å². The number of rotatable bonds is 4. The maximum Gasteiger partial charge on any atom is 0.317 e. The van der Waals surface area contributed by atoms with Gasteiger partial charge in [0.1, 0.15) is 0 Å². The van der Waals surface area contributed by atoms with Crippen LogP contribution in [0, 0.1) is 34.5 Å². The standard InChI is InChI=1S/C28H44N4O2/c1-34-21-5-4-20-16-25-27-8-6-22(24(7-9-27)30-26(33)31-14-11-29-12-15-31)28(27,23(20)17-21)10-13-32(25)18-19-2-3-19/h17,19-20,22-25,29H,2-16,18H2,1H3,(H,30,33)/t20?,22?,23?,24?,25?,27-,28?/m0/s1. The average molecular weight is 469 g/mol. The van der Waals surface area contributed by atoms with E-state index in [0.29, 0.717) is 28.7 Å². The minimum Gasteiger partial charge on any atom is -0.501 e. The van der Waals surface area contributed by atoms with Gasteiger partial charge in [-0.25, -0.2) is 4.79 Å². The normalized spacial score (nSPS) is 45.7. The zero-order valence-electron chi connectivity index (χ0n) is 21.1. The molecule has 0 spiro atoms. The molecule has 5 aliphatic carbocycles. The van der Waals surface area contributed by atoms with Gasteiger partial charge in [0.2, 0.25) is 0 Å². The number of ether oxygens (including phenoxy) is 1. The number of carbonyl (C=O) groups excluding carboxylic acids is 1. The average Bonchev–Trinajstić information content (AvgIpc) is 3.65. The van der Waals surface area contributed by atoms with Crippen LogP contribution < -0.4 is 10.6 Å². The molecule has 2 amide bonds. The van der Waals surface area contributed by atoms with Crippen molar-refractivity contribution in [2.24, 2.45) is 34.5 Å². The summed E-state index contributed by atoms with van der Waals surface area (Å²) >= 11 is 0. The van der Waals surface area contributed by atoms with E-state index in [4.69, 9.17) is 4.74 Å². The summed E-state index contributed by atoms with van der Waals surface area (Å²) in [6, 6.07) is 1.30. The summed E-state index contributed by atoms with van der Waals surface area (Å²) in [7, 11) is 1.87. The van der Waals surface area contributed by atoms with Crippen molar-refractivity contribution >= 4 is 6.03 Å². The fraction of sp³-hybridized carbons (Fsp3) is 0.893. The van der Waals surface area contributed by atoms with Gasteiger partial charge in [0.15, 0.2) is 0 Å². The van der Waals surface area contributed by atoms with Gasteiger partial charge in [-0.15, -0.1) is 0 Å². The van der Waals surface area contributed by atoms with Crippen LogP contribution in [-0.4, -0.2) is 74.3 Å². The fourth-order valence-corrected chi connectivity index (χ4v) is 10.2. The Balaban J connectivity index is 1.23. The predicted molar refractivity (Wildman–Crippen MR) is 132 cm³/mol. The van der Waals surface area contributed by atoms with Gasteiger partial charge in [-0.1, -0.05) is 0 Å². The summed E-state index contributed by atoms with van der Waals surface area (Å²) in [5, 5.41) is 6.99. The monoisotopic (exact) mass is 468 g/mol. The van der Waals surface area contributed by atoms with Gasteiger partial charge in [-0.2, -0.15) is 0 Å². The van der Waals surface area contributed by atoms with E-state index >= 15 is 0 Å². The third-order valence-corrected chi connectivity index (χ3v) is 11.7. The van der Waals surface area contributed by atoms with Crippen LogP contribution >= 0.6 is 0 Å². The van der Waals surface area contributed by atoms with Crippen LogP contribution in [-0.2, 0) is 4.74 Å². The molecule has 4 saturated carbocycles. The smallest absolute Gasteiger partial charge is 0.317 e. The van der Waals surface area contributed by atoms with Crippen LogP contribution in [0.5, 0.6) is 0 Å². The van der Waals surface area contributed by atoms with Gasteiger partial charge >= 0.3 is 6.03 Å². The largest absolute Gasteiger partial charge is 0.501 e. The molecular weight excluding hydrogens is 424 g/mol. The fourth-order valence-electron chi connectivity index (χ4n) is 10.2. The Labute approximate surface area is 205 Å². The molecule has 6 nitrogen and oxygen atoms in total. The molecule has 2 N–H and O–H groups in total. The third kappa shape index (κ3) is 3.09. The summed E-state index contributed by atoms with van der Waals surface area (Å²) in [5.41, 5.74) is 0.805. The quantitative estimate of drug-likeness (QED) is 0.662. The number of methoxy groups -OCH3 is 1. The first-order valence-electron chi connectivity index (χ1n) is 14.4. The van der Waals surface area contributed by atoms with Gasteiger partial charge in [-0.05, 0) is 105 Å². The number of piperidine rings is 1. The van der Waals surface area contributed by atoms with E-state index in [9.17, 15) is 4.79 Å². The highest BCUT2D eigenvalue weighted by molar-refractivity contribution is 5.74. The molecular formula is C28H44N4O2. The number of nitrogens with one attached hydrogen (secondary N) is 2. The van der Waals surface area contributed by atoms with E-state index in [1.807, 2.05) is 12.0 Å². The summed E-state index contributed by atoms with van der Waals surface area (Å²) in [4.78, 5) is 18.3. The molecule has 0 aromatic carbocycles. The molecule has 4 bridgehead atoms. The van der Waals surface area contributed by atoms with Crippen LogP contribution in [0.3, 0.4) is 0 Å². The van der Waals surface area contributed by atoms with Gasteiger partial charge in [0, 0.05) is 51.2 Å². The number of allylic oxidation sites excluding steroid dienone is 2. The Morgan fingerprint density at radius 2 is 1.94 bits per heavy atom. The van der Waals surface area contributed by atoms with E-state index in [2.05, 4.69) is 21.6 Å². The molecule has 2 aliphatic heterocycles. The minimum absolute atomic E-state index is 0.189. The van der Waals surface area contributed by atoms with E-state index in [-0.39, 0.29) is 6.03 Å². The van der Waals surface area contributed by atoms with Gasteiger partial charge in [-0.3, -0.25) is 4.90 Å². The highest BCUT2D eigenvalue weighted by atomic mass is 16.5. The molecule has 0 aromatic rings. The molecule has 0 radical (unpaired) electrons. The van der Waals surface area contributed by atoms with Crippen molar-refractivity contribution < 1.29 is 9.53 Å². The number of nitrogens with zero attached hydrogens (tertiary/aromatic N) is 2. The van der Waals surface area contributed by atoms with E-state index in [0.717, 1.165) is 50.5 Å². The topological polar surface area (TPSA) is 56.8 Å². The molecule has 7 rings (SSSR count). The first kappa shape index (κ1) is 22.0. The van der Waals surface area contributed by atoms with Crippen molar-refractivity contribution in [3.8, 4) is 0 Å². The number of fused-ring (bicyclic) bond motifs is 1. The van der Waals surface area contributed by atoms with Crippen molar-refractivity contribution in [3.05, 3.63) is 11.8 Å². The summed E-state index contributed by atoms with van der Waals surface area (Å²) in [6.45, 7) is 6.13. The lowest BCUT2D eigenvalue weighted by atomic mass is 9.39. The van der Waals surface area contributed by atoms with Crippen molar-refractivity contribution in [2.75, 3.05) is 46.4 Å². The van der Waals surface area contributed by atoms with Crippen molar-refractivity contribution in [1.82, 2.24) is 20.4 Å². The lowest BCUT2D eigenvalue weighted by Gasteiger charge is -2.70. The molecule has 34 heavy (non-hydrogen) atoms. The summed E-state index contributed by atoms with van der Waals surface area (Å²) in [5.74, 6) is 4.26. The Bertz CT molecular complexity index is 851. The Kier molecular flexibility index (Phi) is 5.25. The maximum absolute atomic E-state index is 13.3. The van der Waals surface area contributed by atoms with Crippen LogP contribution in [0.1, 0.15) is 64.2 Å². The molecule has 188 valence electrons. The lowest BCUT2D eigenvalue weighted by molar-refractivity contribution is -0.201. The molecule has 7 aliphatic rings. The number of urea groups is 1. The number of hydrogen-bond donors (Lipinski definition) is 2. The zero-order chi connectivity index (χ0) is 22.9. The van der Waals surface area contributed by atoms with E-state index in [1.165, 1.54) is 76.6 Å². The van der Waals surface area contributed by atoms with E-state index in [1.54, 1.807) is 0 Å². The molecule has 6 heteroatoms. The highest BCUT2D eigenvalue weighted by Gasteiger charge is 2.74. The van der Waals surface area contributed by atoms with Gasteiger partial charge in [0.05, 0.1) is 12.9 Å². The third-order valence-electron chi connectivity index (χ3n) is 11.7. The Hall–Kier alpha value is -1.27. The van der Waals surface area contributed by atoms with Crippen LogP contribution in [0.2, 0.25) is 0 Å². The molecule has 2 saturated heterocycles. The number of piperazine rings is 1. The lowest BCUT2D eigenvalue weighted by Crippen LogP contribution is -2.71. The van der Waals surface area contributed by atoms with Crippen molar-refractivity contribution in [2.45, 2.75) is 76.3 Å². The molecule has 6 fully saturated rings. The Morgan fingerprint density at radius 3 is 2.74 bits per heavy atom. The molecule has 2 heterocycles. The number of hydrogen-bond acceptors (Lipinski definition) is 4.